The van der Waals surface area contributed by atoms with Crippen molar-refractivity contribution in [2.45, 2.75) is 33.2 Å². The zero-order valence-electron chi connectivity index (χ0n) is 21.6. The molecule has 0 amide bonds. The number of aromatic nitrogens is 5. The summed E-state index contributed by atoms with van der Waals surface area (Å²) in [5.41, 5.74) is 6.74. The minimum atomic E-state index is -0.720. The Kier molecular flexibility index (Phi) is 6.28. The van der Waals surface area contributed by atoms with Crippen LogP contribution in [-0.4, -0.2) is 24.7 Å². The van der Waals surface area contributed by atoms with Gasteiger partial charge in [0.15, 0.2) is 11.9 Å². The van der Waals surface area contributed by atoms with Gasteiger partial charge in [-0.15, -0.1) is 0 Å². The van der Waals surface area contributed by atoms with Crippen LogP contribution in [0.3, 0.4) is 0 Å². The van der Waals surface area contributed by atoms with Crippen LogP contribution in [0.2, 0.25) is 0 Å². The summed E-state index contributed by atoms with van der Waals surface area (Å²) in [4.78, 5) is 25.9. The molecule has 6 aromatic rings. The van der Waals surface area contributed by atoms with Crippen molar-refractivity contribution in [3.05, 3.63) is 106 Å². The number of aryl methyl sites for hydroxylation is 2. The Balaban J connectivity index is 1.37. The van der Waals surface area contributed by atoms with E-state index in [0.29, 0.717) is 24.1 Å². The first-order chi connectivity index (χ1) is 19.0. The first-order valence-corrected chi connectivity index (χ1v) is 12.9. The lowest BCUT2D eigenvalue weighted by molar-refractivity contribution is -0.303. The average Bonchev–Trinajstić information content (AvgIpc) is 3.60. The van der Waals surface area contributed by atoms with E-state index in [1.807, 2.05) is 85.9 Å². The summed E-state index contributed by atoms with van der Waals surface area (Å²) >= 11 is 0. The summed E-state index contributed by atoms with van der Waals surface area (Å²) < 4.78 is 6.44. The molecule has 3 heterocycles. The Bertz CT molecular complexity index is 1850. The highest BCUT2D eigenvalue weighted by Crippen LogP contribution is 2.31. The Labute approximate surface area is 224 Å². The third-order valence-electron chi connectivity index (χ3n) is 6.93. The van der Waals surface area contributed by atoms with Crippen LogP contribution in [0.1, 0.15) is 30.4 Å². The van der Waals surface area contributed by atoms with E-state index in [1.54, 1.807) is 4.57 Å². The molecule has 0 saturated carbocycles. The topological polar surface area (TPSA) is 113 Å². The molecule has 0 aliphatic heterocycles. The van der Waals surface area contributed by atoms with Gasteiger partial charge in [-0.2, -0.15) is 5.16 Å². The van der Waals surface area contributed by atoms with Gasteiger partial charge in [-0.1, -0.05) is 61.5 Å². The van der Waals surface area contributed by atoms with Gasteiger partial charge in [0, 0.05) is 23.7 Å². The van der Waals surface area contributed by atoms with Crippen molar-refractivity contribution in [1.29, 1.82) is 0 Å². The molecule has 0 atom stereocenters. The number of nitrogens with one attached hydrogen (secondary N) is 1. The van der Waals surface area contributed by atoms with Gasteiger partial charge < -0.3 is 14.6 Å². The van der Waals surface area contributed by atoms with E-state index in [1.165, 1.54) is 0 Å². The van der Waals surface area contributed by atoms with Crippen LogP contribution in [0.4, 0.5) is 0 Å². The van der Waals surface area contributed by atoms with E-state index in [-0.39, 0.29) is 11.4 Å². The molecule has 3 aromatic carbocycles. The molecule has 0 spiro atoms. The molecule has 0 fully saturated rings. The Hall–Kier alpha value is -4.98. The minimum absolute atomic E-state index is 0.0409. The highest BCUT2D eigenvalue weighted by molar-refractivity contribution is 5.85. The summed E-state index contributed by atoms with van der Waals surface area (Å²) in [5, 5.41) is 16.3. The van der Waals surface area contributed by atoms with Gasteiger partial charge in [0.05, 0.1) is 17.8 Å². The normalized spacial score (nSPS) is 11.3. The zero-order chi connectivity index (χ0) is 26.9. The molecule has 0 bridgehead atoms. The third-order valence-corrected chi connectivity index (χ3v) is 6.93. The molecular weight excluding hydrogens is 490 g/mol. The summed E-state index contributed by atoms with van der Waals surface area (Å²) in [6.45, 7) is 4.41. The number of fused-ring (bicyclic) bond motifs is 1. The number of benzene rings is 3. The zero-order valence-corrected chi connectivity index (χ0v) is 21.6. The molecule has 0 radical (unpaired) electrons. The first kappa shape index (κ1) is 24.4. The van der Waals surface area contributed by atoms with Gasteiger partial charge in [0.25, 0.3) is 5.56 Å². The SMILES string of the molecule is CCCc1nc(C)c(-c2ccc3[nH]ccc3c2)c(=O)n1Cc1ccc(-c2ccccc2-c2noc([O-])n2)cc1. The average molecular weight is 517 g/mol. The second-order valence-electron chi connectivity index (χ2n) is 9.54. The van der Waals surface area contributed by atoms with Crippen molar-refractivity contribution in [3.8, 4) is 39.7 Å². The fraction of sp³-hybridized carbons (Fsp3) is 0.161. The largest absolute Gasteiger partial charge is 0.528 e. The van der Waals surface area contributed by atoms with Crippen LogP contribution in [0.5, 0.6) is 6.08 Å². The van der Waals surface area contributed by atoms with Crippen LogP contribution < -0.4 is 10.7 Å². The number of hydrogen-bond acceptors (Lipinski definition) is 6. The molecule has 0 unspecified atom stereocenters. The first-order valence-electron chi connectivity index (χ1n) is 12.9. The third kappa shape index (κ3) is 4.61. The Morgan fingerprint density at radius 1 is 0.949 bits per heavy atom. The number of aromatic amines is 1. The fourth-order valence-corrected chi connectivity index (χ4v) is 5.06. The van der Waals surface area contributed by atoms with E-state index in [4.69, 9.17) is 4.98 Å². The predicted molar refractivity (Wildman–Crippen MR) is 148 cm³/mol. The maximum absolute atomic E-state index is 13.9. The molecule has 1 N–H and O–H groups in total. The number of nitrogens with zero attached hydrogens (tertiary/aromatic N) is 4. The number of H-pyrrole nitrogens is 1. The Morgan fingerprint density at radius 2 is 1.72 bits per heavy atom. The van der Waals surface area contributed by atoms with E-state index in [0.717, 1.165) is 51.1 Å². The standard InChI is InChI=1S/C31H27N5O3/c1-3-6-27-33-19(2)28(23-13-14-26-22(17-23)15-16-32-26)30(37)36(27)18-20-9-11-21(12-10-20)24-7-4-5-8-25(24)29-34-31(38)39-35-29/h4-5,7-17,32H,3,6,18H2,1-2H3,(H,34,35,38)/p-1. The van der Waals surface area contributed by atoms with Gasteiger partial charge in [-0.05, 0) is 59.2 Å². The predicted octanol–water partition coefficient (Wildman–Crippen LogP) is 5.49. The highest BCUT2D eigenvalue weighted by Gasteiger charge is 2.17. The maximum atomic E-state index is 13.9. The second-order valence-corrected chi connectivity index (χ2v) is 9.54. The van der Waals surface area contributed by atoms with Crippen LogP contribution in [-0.2, 0) is 13.0 Å². The van der Waals surface area contributed by atoms with Crippen molar-refractivity contribution in [3.63, 3.8) is 0 Å². The lowest BCUT2D eigenvalue weighted by atomic mass is 9.98. The molecule has 194 valence electrons. The van der Waals surface area contributed by atoms with Crippen LogP contribution in [0.15, 0.2) is 88.3 Å². The van der Waals surface area contributed by atoms with E-state index in [2.05, 4.69) is 26.6 Å². The van der Waals surface area contributed by atoms with Crippen LogP contribution in [0.25, 0.3) is 44.5 Å². The van der Waals surface area contributed by atoms with Gasteiger partial charge in [0.1, 0.15) is 5.82 Å². The van der Waals surface area contributed by atoms with Crippen LogP contribution in [0, 0.1) is 6.92 Å². The lowest BCUT2D eigenvalue weighted by Crippen LogP contribution is -2.28. The molecule has 8 heteroatoms. The van der Waals surface area contributed by atoms with Crippen molar-refractivity contribution >= 4 is 10.9 Å². The molecule has 3 aromatic heterocycles. The second kappa shape index (κ2) is 10.1. The van der Waals surface area contributed by atoms with Gasteiger partial charge in [-0.3, -0.25) is 9.36 Å². The number of rotatable bonds is 7. The minimum Gasteiger partial charge on any atom is -0.528 e. The summed E-state index contributed by atoms with van der Waals surface area (Å²) in [7, 11) is 0. The van der Waals surface area contributed by atoms with E-state index < -0.39 is 6.08 Å². The monoisotopic (exact) mass is 516 g/mol. The summed E-state index contributed by atoms with van der Waals surface area (Å²) in [5.74, 6) is 1.04. The van der Waals surface area contributed by atoms with Crippen molar-refractivity contribution in [1.82, 2.24) is 24.7 Å². The van der Waals surface area contributed by atoms with E-state index >= 15 is 0 Å². The lowest BCUT2D eigenvalue weighted by Gasteiger charge is -2.16. The van der Waals surface area contributed by atoms with Crippen molar-refractivity contribution < 1.29 is 9.63 Å². The van der Waals surface area contributed by atoms with Crippen molar-refractivity contribution in [2.75, 3.05) is 0 Å². The molecule has 0 aliphatic carbocycles. The molecule has 8 nitrogen and oxygen atoms in total. The van der Waals surface area contributed by atoms with Gasteiger partial charge in [0.2, 0.25) is 0 Å². The molecule has 6 rings (SSSR count). The molecular formula is C31H26N5O3-. The highest BCUT2D eigenvalue weighted by atomic mass is 16.6. The smallest absolute Gasteiger partial charge is 0.261 e. The van der Waals surface area contributed by atoms with Gasteiger partial charge in [-0.25, -0.2) is 9.97 Å². The Morgan fingerprint density at radius 3 is 2.46 bits per heavy atom. The molecule has 39 heavy (non-hydrogen) atoms. The van der Waals surface area contributed by atoms with E-state index in [9.17, 15) is 9.90 Å². The fourth-order valence-electron chi connectivity index (χ4n) is 5.06. The van der Waals surface area contributed by atoms with Gasteiger partial charge >= 0.3 is 0 Å². The molecule has 0 aliphatic rings. The quantitative estimate of drug-likeness (QED) is 0.300. The van der Waals surface area contributed by atoms with Crippen LogP contribution >= 0.6 is 0 Å². The number of hydrogen-bond donors (Lipinski definition) is 1. The molecule has 0 saturated heterocycles. The summed E-state index contributed by atoms with van der Waals surface area (Å²) in [6.07, 6.45) is 2.78. The maximum Gasteiger partial charge on any atom is 0.261 e. The summed E-state index contributed by atoms with van der Waals surface area (Å²) in [6, 6.07) is 23.6. The van der Waals surface area contributed by atoms with Crippen molar-refractivity contribution in [2.24, 2.45) is 0 Å².